The number of hydrogen-bond donors (Lipinski definition) is 3. The van der Waals surface area contributed by atoms with Crippen LogP contribution in [0.15, 0.2) is 46.0 Å². The summed E-state index contributed by atoms with van der Waals surface area (Å²) >= 11 is 0. The third kappa shape index (κ3) is 6.66. The Balaban J connectivity index is 0.00000338. The van der Waals surface area contributed by atoms with Gasteiger partial charge in [-0.15, -0.1) is 24.0 Å². The van der Waals surface area contributed by atoms with Crippen molar-refractivity contribution in [1.82, 2.24) is 16.0 Å². The minimum atomic E-state index is -0.244. The van der Waals surface area contributed by atoms with Gasteiger partial charge in [-0.3, -0.25) is 9.79 Å². The van der Waals surface area contributed by atoms with Crippen molar-refractivity contribution in [3.63, 3.8) is 0 Å². The normalized spacial score (nSPS) is 12.1. The average molecular weight is 474 g/mol. The molecule has 0 aliphatic heterocycles. The predicted octanol–water partition coefficient (Wildman–Crippen LogP) is 2.89. The van der Waals surface area contributed by atoms with Crippen molar-refractivity contribution < 1.29 is 13.6 Å². The predicted molar refractivity (Wildman–Crippen MR) is 110 cm³/mol. The summed E-state index contributed by atoms with van der Waals surface area (Å²) in [5.41, 5.74) is 1.40. The smallest absolute Gasteiger partial charge is 0.239 e. The molecule has 0 aliphatic rings. The van der Waals surface area contributed by atoms with Crippen LogP contribution in [-0.2, 0) is 11.3 Å². The number of halogens is 2. The van der Waals surface area contributed by atoms with Gasteiger partial charge in [0.25, 0.3) is 0 Å². The molecule has 1 heterocycles. The van der Waals surface area contributed by atoms with Crippen molar-refractivity contribution in [3.8, 4) is 0 Å². The minimum absolute atomic E-state index is 0. The van der Waals surface area contributed by atoms with Gasteiger partial charge in [0.2, 0.25) is 5.91 Å². The summed E-state index contributed by atoms with van der Waals surface area (Å²) in [5, 5.41) is 8.79. The molecule has 0 fully saturated rings. The van der Waals surface area contributed by atoms with Crippen molar-refractivity contribution in [1.29, 1.82) is 0 Å². The summed E-state index contributed by atoms with van der Waals surface area (Å²) in [6.45, 7) is 4.01. The largest absolute Gasteiger partial charge is 0.467 e. The monoisotopic (exact) mass is 474 g/mol. The molecule has 0 saturated heterocycles. The molecule has 1 unspecified atom stereocenters. The lowest BCUT2D eigenvalue weighted by Crippen LogP contribution is -2.43. The highest BCUT2D eigenvalue weighted by atomic mass is 127. The fraction of sp³-hybridized carbons (Fsp3) is 0.333. The second-order valence-corrected chi connectivity index (χ2v) is 5.66. The number of furan rings is 1. The molecule has 1 aromatic heterocycles. The molecule has 0 aliphatic carbocycles. The van der Waals surface area contributed by atoms with E-state index in [0.29, 0.717) is 23.8 Å². The van der Waals surface area contributed by atoms with E-state index in [-0.39, 0.29) is 48.3 Å². The van der Waals surface area contributed by atoms with E-state index in [1.807, 2.05) is 13.0 Å². The lowest BCUT2D eigenvalue weighted by molar-refractivity contribution is -0.120. The van der Waals surface area contributed by atoms with Gasteiger partial charge in [-0.05, 0) is 43.2 Å². The Morgan fingerprint density at radius 2 is 2.08 bits per heavy atom. The van der Waals surface area contributed by atoms with Gasteiger partial charge >= 0.3 is 0 Å². The number of nitrogens with one attached hydrogen (secondary N) is 3. The van der Waals surface area contributed by atoms with Crippen LogP contribution in [-0.4, -0.2) is 25.5 Å². The molecule has 8 heteroatoms. The quantitative estimate of drug-likeness (QED) is 0.342. The third-order valence-corrected chi connectivity index (χ3v) is 3.73. The highest BCUT2D eigenvalue weighted by Crippen LogP contribution is 2.16. The lowest BCUT2D eigenvalue weighted by Gasteiger charge is -2.18. The standard InChI is InChI=1S/C18H23FN4O2.HI/c1-12-6-7-14(9-16(12)19)13(2)23-18(20-3)22-11-17(24)21-10-15-5-4-8-25-15;/h4-9,13H,10-11H2,1-3H3,(H,21,24)(H2,20,22,23);1H. The molecule has 1 amide bonds. The molecular weight excluding hydrogens is 450 g/mol. The highest BCUT2D eigenvalue weighted by molar-refractivity contribution is 14.0. The molecule has 142 valence electrons. The van der Waals surface area contributed by atoms with Gasteiger partial charge in [-0.1, -0.05) is 12.1 Å². The second-order valence-electron chi connectivity index (χ2n) is 5.66. The van der Waals surface area contributed by atoms with Crippen LogP contribution in [0.25, 0.3) is 0 Å². The van der Waals surface area contributed by atoms with E-state index in [1.165, 1.54) is 6.07 Å². The van der Waals surface area contributed by atoms with Crippen molar-refractivity contribution >= 4 is 35.8 Å². The first-order valence-electron chi connectivity index (χ1n) is 8.02. The number of guanidine groups is 1. The molecule has 0 bridgehead atoms. The van der Waals surface area contributed by atoms with Crippen molar-refractivity contribution in [2.75, 3.05) is 13.6 Å². The fourth-order valence-corrected chi connectivity index (χ4v) is 2.19. The van der Waals surface area contributed by atoms with E-state index in [4.69, 9.17) is 4.42 Å². The number of benzene rings is 1. The van der Waals surface area contributed by atoms with Crippen LogP contribution >= 0.6 is 24.0 Å². The number of aryl methyl sites for hydroxylation is 1. The first-order chi connectivity index (χ1) is 12.0. The van der Waals surface area contributed by atoms with Gasteiger partial charge in [0.1, 0.15) is 11.6 Å². The van der Waals surface area contributed by atoms with Crippen LogP contribution in [0.2, 0.25) is 0 Å². The maximum Gasteiger partial charge on any atom is 0.239 e. The number of carbonyl (C=O) groups excluding carboxylic acids is 1. The van der Waals surface area contributed by atoms with E-state index in [9.17, 15) is 9.18 Å². The Labute approximate surface area is 169 Å². The summed E-state index contributed by atoms with van der Waals surface area (Å²) in [6.07, 6.45) is 1.56. The van der Waals surface area contributed by atoms with Crippen LogP contribution in [0.3, 0.4) is 0 Å². The zero-order chi connectivity index (χ0) is 18.2. The maximum absolute atomic E-state index is 13.7. The summed E-state index contributed by atoms with van der Waals surface area (Å²) in [5.74, 6) is 0.715. The molecule has 0 saturated carbocycles. The van der Waals surface area contributed by atoms with Crippen LogP contribution in [0.4, 0.5) is 4.39 Å². The zero-order valence-corrected chi connectivity index (χ0v) is 17.3. The second kappa shape index (κ2) is 10.8. The van der Waals surface area contributed by atoms with Gasteiger partial charge in [-0.2, -0.15) is 0 Å². The fourth-order valence-electron chi connectivity index (χ4n) is 2.19. The number of rotatable bonds is 6. The number of carbonyl (C=O) groups is 1. The maximum atomic E-state index is 13.7. The van der Waals surface area contributed by atoms with Crippen LogP contribution < -0.4 is 16.0 Å². The molecule has 1 aromatic carbocycles. The van der Waals surface area contributed by atoms with Gasteiger partial charge < -0.3 is 20.4 Å². The van der Waals surface area contributed by atoms with E-state index in [0.717, 1.165) is 5.56 Å². The molecule has 26 heavy (non-hydrogen) atoms. The average Bonchev–Trinajstić information content (AvgIpc) is 3.12. The molecular formula is C18H24FIN4O2. The van der Waals surface area contributed by atoms with Crippen molar-refractivity contribution in [2.24, 2.45) is 4.99 Å². The Kier molecular flexibility index (Phi) is 9.11. The first kappa shape index (κ1) is 21.9. The molecule has 6 nitrogen and oxygen atoms in total. The van der Waals surface area contributed by atoms with E-state index in [2.05, 4.69) is 20.9 Å². The highest BCUT2D eigenvalue weighted by Gasteiger charge is 2.11. The molecule has 0 radical (unpaired) electrons. The molecule has 3 N–H and O–H groups in total. The van der Waals surface area contributed by atoms with E-state index < -0.39 is 0 Å². The number of nitrogens with zero attached hydrogens (tertiary/aromatic N) is 1. The number of hydrogen-bond acceptors (Lipinski definition) is 3. The minimum Gasteiger partial charge on any atom is -0.467 e. The van der Waals surface area contributed by atoms with Crippen LogP contribution in [0.1, 0.15) is 29.9 Å². The summed E-state index contributed by atoms with van der Waals surface area (Å²) < 4.78 is 18.8. The molecule has 2 aromatic rings. The van der Waals surface area contributed by atoms with Gasteiger partial charge in [0.15, 0.2) is 5.96 Å². The Bertz CT molecular complexity index is 735. The number of aliphatic imine (C=N–C) groups is 1. The molecule has 2 rings (SSSR count). The molecule has 1 atom stereocenters. The summed E-state index contributed by atoms with van der Waals surface area (Å²) in [7, 11) is 1.61. The van der Waals surface area contributed by atoms with E-state index in [1.54, 1.807) is 38.4 Å². The van der Waals surface area contributed by atoms with Gasteiger partial charge in [-0.25, -0.2) is 4.39 Å². The van der Waals surface area contributed by atoms with Gasteiger partial charge in [0.05, 0.1) is 25.4 Å². The zero-order valence-electron chi connectivity index (χ0n) is 15.0. The first-order valence-corrected chi connectivity index (χ1v) is 8.02. The summed E-state index contributed by atoms with van der Waals surface area (Å²) in [6, 6.07) is 8.49. The van der Waals surface area contributed by atoms with Crippen molar-refractivity contribution in [3.05, 3.63) is 59.3 Å². The Hall–Kier alpha value is -2.10. The Morgan fingerprint density at radius 1 is 1.31 bits per heavy atom. The topological polar surface area (TPSA) is 78.7 Å². The van der Waals surface area contributed by atoms with Gasteiger partial charge in [0, 0.05) is 7.05 Å². The van der Waals surface area contributed by atoms with E-state index >= 15 is 0 Å². The number of amides is 1. The molecule has 0 spiro atoms. The Morgan fingerprint density at radius 3 is 2.69 bits per heavy atom. The van der Waals surface area contributed by atoms with Crippen molar-refractivity contribution in [2.45, 2.75) is 26.4 Å². The third-order valence-electron chi connectivity index (χ3n) is 3.73. The van der Waals surface area contributed by atoms with Crippen LogP contribution in [0, 0.1) is 12.7 Å². The van der Waals surface area contributed by atoms with Crippen LogP contribution in [0.5, 0.6) is 0 Å². The SMILES string of the molecule is CN=C(NCC(=O)NCc1ccco1)NC(C)c1ccc(C)c(F)c1.I. The lowest BCUT2D eigenvalue weighted by atomic mass is 10.1. The summed E-state index contributed by atoms with van der Waals surface area (Å²) in [4.78, 5) is 15.9.